The number of aryl methyl sites for hydroxylation is 1. The van der Waals surface area contributed by atoms with Crippen molar-refractivity contribution < 1.29 is 23.4 Å². The van der Waals surface area contributed by atoms with Crippen molar-refractivity contribution in [1.82, 2.24) is 0 Å². The number of rotatable bonds is 4. The number of hydrogen-bond donors (Lipinski definition) is 0. The molecule has 0 atom stereocenters. The fourth-order valence-corrected chi connectivity index (χ4v) is 2.25. The van der Waals surface area contributed by atoms with Gasteiger partial charge in [0.2, 0.25) is 0 Å². The fraction of sp³-hybridized carbons (Fsp3) is 0.176. The molecule has 1 aliphatic rings. The van der Waals surface area contributed by atoms with Gasteiger partial charge in [0.1, 0.15) is 11.5 Å². The summed E-state index contributed by atoms with van der Waals surface area (Å²) in [6.07, 6.45) is 3.08. The van der Waals surface area contributed by atoms with Crippen LogP contribution < -0.4 is 9.47 Å². The zero-order chi connectivity index (χ0) is 16.4. The summed E-state index contributed by atoms with van der Waals surface area (Å²) in [6, 6.07) is 6.99. The first-order valence-electron chi connectivity index (χ1n) is 6.91. The van der Waals surface area contributed by atoms with E-state index >= 15 is 0 Å². The van der Waals surface area contributed by atoms with Crippen molar-refractivity contribution in [1.29, 1.82) is 0 Å². The fourth-order valence-electron chi connectivity index (χ4n) is 2.25. The van der Waals surface area contributed by atoms with Crippen LogP contribution in [-0.4, -0.2) is 26.1 Å². The predicted molar refractivity (Wildman–Crippen MR) is 83.6 cm³/mol. The van der Waals surface area contributed by atoms with Crippen LogP contribution in [0.25, 0.3) is 6.08 Å². The van der Waals surface area contributed by atoms with E-state index in [9.17, 15) is 4.79 Å². The van der Waals surface area contributed by atoms with Crippen LogP contribution >= 0.6 is 0 Å². The van der Waals surface area contributed by atoms with E-state index in [1.807, 2.05) is 13.0 Å². The highest BCUT2D eigenvalue weighted by molar-refractivity contribution is 6.12. The van der Waals surface area contributed by atoms with Crippen LogP contribution in [0.1, 0.15) is 16.9 Å². The maximum atomic E-state index is 12.0. The Morgan fingerprint density at radius 1 is 1.17 bits per heavy atom. The Morgan fingerprint density at radius 2 is 1.96 bits per heavy atom. The summed E-state index contributed by atoms with van der Waals surface area (Å²) >= 11 is 0. The van der Waals surface area contributed by atoms with Crippen molar-refractivity contribution >= 4 is 17.9 Å². The molecule has 2 heterocycles. The van der Waals surface area contributed by atoms with Gasteiger partial charge in [0.15, 0.2) is 11.5 Å². The average molecular weight is 313 g/mol. The molecule has 23 heavy (non-hydrogen) atoms. The molecule has 0 saturated heterocycles. The number of methoxy groups -OCH3 is 2. The molecule has 1 aliphatic heterocycles. The third-order valence-electron chi connectivity index (χ3n) is 3.39. The zero-order valence-electron chi connectivity index (χ0n) is 13.0. The van der Waals surface area contributed by atoms with E-state index in [-0.39, 0.29) is 11.6 Å². The number of carbonyl (C=O) groups is 1. The molecule has 0 saturated carbocycles. The Bertz CT molecular complexity index is 803. The first kappa shape index (κ1) is 14.9. The largest absolute Gasteiger partial charge is 0.496 e. The van der Waals surface area contributed by atoms with Crippen LogP contribution in [0.5, 0.6) is 11.5 Å². The molecule has 0 bridgehead atoms. The lowest BCUT2D eigenvalue weighted by molar-refractivity contribution is -0.130. The lowest BCUT2D eigenvalue weighted by Crippen LogP contribution is -2.04. The van der Waals surface area contributed by atoms with Gasteiger partial charge in [-0.25, -0.2) is 9.79 Å². The van der Waals surface area contributed by atoms with Crippen LogP contribution in [0.4, 0.5) is 0 Å². The number of benzene rings is 1. The number of ether oxygens (including phenoxy) is 3. The number of nitrogens with zero attached hydrogens (tertiary/aromatic N) is 1. The Labute approximate surface area is 133 Å². The van der Waals surface area contributed by atoms with Gasteiger partial charge in [0.05, 0.1) is 20.5 Å². The molecule has 2 aromatic rings. The second kappa shape index (κ2) is 6.00. The summed E-state index contributed by atoms with van der Waals surface area (Å²) in [6.45, 7) is 1.91. The van der Waals surface area contributed by atoms with E-state index in [1.54, 1.807) is 38.5 Å². The van der Waals surface area contributed by atoms with Gasteiger partial charge >= 0.3 is 5.97 Å². The number of carbonyl (C=O) groups excluding carboxylic acids is 1. The Balaban J connectivity index is 2.02. The second-order valence-electron chi connectivity index (χ2n) is 4.88. The summed E-state index contributed by atoms with van der Waals surface area (Å²) in [4.78, 5) is 16.2. The van der Waals surface area contributed by atoms with E-state index in [1.165, 1.54) is 6.26 Å². The van der Waals surface area contributed by atoms with Gasteiger partial charge in [-0.15, -0.1) is 0 Å². The maximum absolute atomic E-state index is 12.0. The molecule has 0 spiro atoms. The molecule has 0 fully saturated rings. The first-order valence-corrected chi connectivity index (χ1v) is 6.91. The Kier molecular flexibility index (Phi) is 3.89. The molecule has 1 aromatic heterocycles. The molecule has 0 amide bonds. The third-order valence-corrected chi connectivity index (χ3v) is 3.39. The Hall–Kier alpha value is -3.02. The number of furan rings is 1. The van der Waals surface area contributed by atoms with E-state index in [0.29, 0.717) is 22.8 Å². The molecule has 0 radical (unpaired) electrons. The molecule has 1 aromatic carbocycles. The lowest BCUT2D eigenvalue weighted by Gasteiger charge is -2.10. The number of cyclic esters (lactones) is 1. The minimum atomic E-state index is -0.544. The van der Waals surface area contributed by atoms with Crippen LogP contribution in [0, 0.1) is 6.92 Å². The standard InChI is InChI=1S/C17H15NO5/c1-10-7-15(21-3)11(9-14(10)20-2)8-12-17(19)23-16(18-12)13-5-4-6-22-13/h4-9H,1-3H3/b12-8+. The topological polar surface area (TPSA) is 70.3 Å². The van der Waals surface area contributed by atoms with Crippen molar-refractivity contribution in [2.24, 2.45) is 4.99 Å². The minimum Gasteiger partial charge on any atom is -0.496 e. The molecular formula is C17H15NO5. The molecule has 118 valence electrons. The first-order chi connectivity index (χ1) is 11.1. The molecular weight excluding hydrogens is 298 g/mol. The molecule has 6 nitrogen and oxygen atoms in total. The third kappa shape index (κ3) is 2.83. The molecule has 0 N–H and O–H groups in total. The summed E-state index contributed by atoms with van der Waals surface area (Å²) in [5, 5.41) is 0. The second-order valence-corrected chi connectivity index (χ2v) is 4.88. The van der Waals surface area contributed by atoms with Crippen LogP contribution in [0.2, 0.25) is 0 Å². The number of esters is 1. The van der Waals surface area contributed by atoms with Crippen molar-refractivity contribution in [3.05, 3.63) is 53.1 Å². The molecule has 0 unspecified atom stereocenters. The van der Waals surface area contributed by atoms with E-state index in [0.717, 1.165) is 5.56 Å². The SMILES string of the molecule is COc1cc(/C=C2/N=C(c3ccco3)OC2=O)c(OC)cc1C. The van der Waals surface area contributed by atoms with Crippen molar-refractivity contribution in [2.45, 2.75) is 6.92 Å². The number of hydrogen-bond acceptors (Lipinski definition) is 6. The van der Waals surface area contributed by atoms with Gasteiger partial charge in [-0.2, -0.15) is 0 Å². The summed E-state index contributed by atoms with van der Waals surface area (Å²) in [7, 11) is 3.15. The van der Waals surface area contributed by atoms with Gasteiger partial charge < -0.3 is 18.6 Å². The van der Waals surface area contributed by atoms with E-state index in [4.69, 9.17) is 18.6 Å². The monoisotopic (exact) mass is 313 g/mol. The molecule has 3 rings (SSSR count). The van der Waals surface area contributed by atoms with Crippen LogP contribution in [0.3, 0.4) is 0 Å². The predicted octanol–water partition coefficient (Wildman–Crippen LogP) is 2.95. The van der Waals surface area contributed by atoms with Crippen molar-refractivity contribution in [2.75, 3.05) is 14.2 Å². The van der Waals surface area contributed by atoms with Gasteiger partial charge in [0, 0.05) is 5.56 Å². The van der Waals surface area contributed by atoms with Gasteiger partial charge in [-0.1, -0.05) is 0 Å². The van der Waals surface area contributed by atoms with E-state index in [2.05, 4.69) is 4.99 Å². The van der Waals surface area contributed by atoms with Crippen molar-refractivity contribution in [3.63, 3.8) is 0 Å². The Morgan fingerprint density at radius 3 is 2.61 bits per heavy atom. The maximum Gasteiger partial charge on any atom is 0.363 e. The smallest absolute Gasteiger partial charge is 0.363 e. The van der Waals surface area contributed by atoms with Gasteiger partial charge in [-0.3, -0.25) is 0 Å². The molecule has 0 aliphatic carbocycles. The van der Waals surface area contributed by atoms with Gasteiger partial charge in [-0.05, 0) is 42.8 Å². The highest BCUT2D eigenvalue weighted by Gasteiger charge is 2.26. The normalized spacial score (nSPS) is 15.5. The lowest BCUT2D eigenvalue weighted by atomic mass is 10.1. The highest BCUT2D eigenvalue weighted by Crippen LogP contribution is 2.31. The summed E-state index contributed by atoms with van der Waals surface area (Å²) in [5.41, 5.74) is 1.77. The summed E-state index contributed by atoms with van der Waals surface area (Å²) in [5.74, 6) is 1.31. The summed E-state index contributed by atoms with van der Waals surface area (Å²) < 4.78 is 21.0. The minimum absolute atomic E-state index is 0.143. The van der Waals surface area contributed by atoms with Crippen LogP contribution in [-0.2, 0) is 9.53 Å². The number of aliphatic imine (C=N–C) groups is 1. The van der Waals surface area contributed by atoms with Crippen LogP contribution in [0.15, 0.2) is 45.6 Å². The molecule has 6 heteroatoms. The van der Waals surface area contributed by atoms with Crippen molar-refractivity contribution in [3.8, 4) is 11.5 Å². The van der Waals surface area contributed by atoms with Gasteiger partial charge in [0.25, 0.3) is 5.90 Å². The van der Waals surface area contributed by atoms with E-state index < -0.39 is 5.97 Å². The zero-order valence-corrected chi connectivity index (χ0v) is 13.0. The highest BCUT2D eigenvalue weighted by atomic mass is 16.6. The average Bonchev–Trinajstić information content (AvgIpc) is 3.19. The quantitative estimate of drug-likeness (QED) is 0.641.